The number of nitro benzene ring substituents is 1. The van der Waals surface area contributed by atoms with Gasteiger partial charge < -0.3 is 19.9 Å². The minimum Gasteiger partial charge on any atom is -0.495 e. The fraction of sp³-hybridized carbons (Fsp3) is 0.350. The molecule has 0 aliphatic carbocycles. The van der Waals surface area contributed by atoms with Crippen LogP contribution in [0, 0.1) is 10.1 Å². The second-order valence-electron chi connectivity index (χ2n) is 6.83. The van der Waals surface area contributed by atoms with E-state index < -0.39 is 4.92 Å². The average molecular weight is 385 g/mol. The van der Waals surface area contributed by atoms with Crippen LogP contribution < -0.4 is 19.9 Å². The highest BCUT2D eigenvalue weighted by atomic mass is 16.6. The highest BCUT2D eigenvalue weighted by Crippen LogP contribution is 2.28. The molecule has 1 atom stereocenters. The zero-order chi connectivity index (χ0) is 20.1. The molecule has 2 aromatic rings. The highest BCUT2D eigenvalue weighted by Gasteiger charge is 2.30. The Morgan fingerprint density at radius 1 is 1.21 bits per heavy atom. The van der Waals surface area contributed by atoms with Crippen molar-refractivity contribution in [3.05, 3.63) is 58.6 Å². The van der Waals surface area contributed by atoms with E-state index in [1.54, 1.807) is 0 Å². The van der Waals surface area contributed by atoms with Crippen molar-refractivity contribution in [3.63, 3.8) is 0 Å². The number of quaternary nitrogens is 1. The van der Waals surface area contributed by atoms with Crippen LogP contribution in [0.3, 0.4) is 0 Å². The molecule has 28 heavy (non-hydrogen) atoms. The number of anilines is 2. The molecule has 1 amide bonds. The lowest BCUT2D eigenvalue weighted by molar-refractivity contribution is -0.914. The van der Waals surface area contributed by atoms with Gasteiger partial charge in [-0.2, -0.15) is 0 Å². The molecule has 0 saturated carbocycles. The number of hydrogen-bond donors (Lipinski definition) is 2. The third-order valence-electron chi connectivity index (χ3n) is 5.18. The summed E-state index contributed by atoms with van der Waals surface area (Å²) in [4.78, 5) is 26.8. The predicted octanol–water partition coefficient (Wildman–Crippen LogP) is 1.34. The van der Waals surface area contributed by atoms with E-state index in [2.05, 4.69) is 22.3 Å². The molecule has 1 saturated heterocycles. The molecule has 0 unspecified atom stereocenters. The van der Waals surface area contributed by atoms with E-state index in [1.807, 2.05) is 25.1 Å². The number of nitrogens with one attached hydrogen (secondary N) is 2. The molecular weight excluding hydrogens is 360 g/mol. The van der Waals surface area contributed by atoms with Crippen LogP contribution in [-0.4, -0.2) is 50.2 Å². The van der Waals surface area contributed by atoms with E-state index in [0.29, 0.717) is 11.4 Å². The summed E-state index contributed by atoms with van der Waals surface area (Å²) in [5.41, 5.74) is 1.42. The zero-order valence-electron chi connectivity index (χ0n) is 16.1. The van der Waals surface area contributed by atoms with Crippen molar-refractivity contribution >= 4 is 23.0 Å². The molecule has 1 aliphatic rings. The highest BCUT2D eigenvalue weighted by molar-refractivity contribution is 5.95. The number of nitro groups is 1. The van der Waals surface area contributed by atoms with Crippen LogP contribution in [0.2, 0.25) is 0 Å². The van der Waals surface area contributed by atoms with Gasteiger partial charge in [0.2, 0.25) is 0 Å². The number of carbonyl (C=O) groups is 1. The number of carbonyl (C=O) groups excluding carboxylic acids is 1. The van der Waals surface area contributed by atoms with Crippen LogP contribution >= 0.6 is 0 Å². The van der Waals surface area contributed by atoms with Crippen molar-refractivity contribution in [1.29, 1.82) is 0 Å². The van der Waals surface area contributed by atoms with Crippen LogP contribution in [0.15, 0.2) is 48.5 Å². The molecule has 2 N–H and O–H groups in total. The van der Waals surface area contributed by atoms with E-state index in [-0.39, 0.29) is 17.6 Å². The van der Waals surface area contributed by atoms with Crippen LogP contribution in [0.5, 0.6) is 5.75 Å². The first-order valence-corrected chi connectivity index (χ1v) is 9.27. The fourth-order valence-corrected chi connectivity index (χ4v) is 3.46. The van der Waals surface area contributed by atoms with Gasteiger partial charge in [-0.1, -0.05) is 18.2 Å². The maximum atomic E-state index is 12.7. The van der Waals surface area contributed by atoms with Crippen molar-refractivity contribution < 1.29 is 19.4 Å². The molecule has 8 heteroatoms. The third kappa shape index (κ3) is 4.40. The van der Waals surface area contributed by atoms with Crippen molar-refractivity contribution in [2.75, 3.05) is 43.5 Å². The van der Waals surface area contributed by atoms with Gasteiger partial charge in [0.05, 0.1) is 43.9 Å². The Kier molecular flexibility index (Phi) is 6.10. The number of para-hydroxylation sites is 1. The normalized spacial score (nSPS) is 15.7. The Bertz CT molecular complexity index is 835. The zero-order valence-corrected chi connectivity index (χ0v) is 16.1. The number of hydrogen-bond acceptors (Lipinski definition) is 5. The van der Waals surface area contributed by atoms with E-state index in [1.165, 1.54) is 35.9 Å². The van der Waals surface area contributed by atoms with Gasteiger partial charge in [0.25, 0.3) is 11.6 Å². The van der Waals surface area contributed by atoms with Crippen molar-refractivity contribution in [1.82, 2.24) is 0 Å². The molecule has 148 valence electrons. The number of nitrogens with zero attached hydrogens (tertiary/aromatic N) is 2. The van der Waals surface area contributed by atoms with Crippen LogP contribution in [0.1, 0.15) is 6.92 Å². The van der Waals surface area contributed by atoms with E-state index in [0.717, 1.165) is 26.2 Å². The first-order chi connectivity index (χ1) is 13.5. The number of ether oxygens (including phenoxy) is 1. The number of methoxy groups -OCH3 is 1. The van der Waals surface area contributed by atoms with Crippen molar-refractivity contribution in [3.8, 4) is 5.75 Å². The fourth-order valence-electron chi connectivity index (χ4n) is 3.46. The van der Waals surface area contributed by atoms with Gasteiger partial charge in [-0.15, -0.1) is 0 Å². The molecule has 3 rings (SSSR count). The number of rotatable bonds is 6. The van der Waals surface area contributed by atoms with Crippen LogP contribution in [0.4, 0.5) is 17.1 Å². The summed E-state index contributed by atoms with van der Waals surface area (Å²) in [5.74, 6) is 0.219. The van der Waals surface area contributed by atoms with Crippen molar-refractivity contribution in [2.45, 2.75) is 13.0 Å². The molecule has 2 aromatic carbocycles. The smallest absolute Gasteiger partial charge is 0.282 e. The van der Waals surface area contributed by atoms with Crippen LogP contribution in [-0.2, 0) is 4.79 Å². The molecule has 0 radical (unpaired) electrons. The SMILES string of the molecule is COc1ccc([N+](=O)[O-])cc1NC(=O)[C@H](C)[NH+]1CCN(c2ccccc2)CC1. The lowest BCUT2D eigenvalue weighted by atomic mass is 10.2. The number of non-ortho nitro benzene ring substituents is 1. The van der Waals surface area contributed by atoms with Gasteiger partial charge in [0, 0.05) is 17.8 Å². The van der Waals surface area contributed by atoms with Gasteiger partial charge in [-0.3, -0.25) is 14.9 Å². The molecule has 0 aromatic heterocycles. The van der Waals surface area contributed by atoms with Crippen LogP contribution in [0.25, 0.3) is 0 Å². The Balaban J connectivity index is 1.62. The first kappa shape index (κ1) is 19.6. The first-order valence-electron chi connectivity index (χ1n) is 9.27. The number of amides is 1. The van der Waals surface area contributed by atoms with E-state index >= 15 is 0 Å². The third-order valence-corrected chi connectivity index (χ3v) is 5.18. The standard InChI is InChI=1S/C20H24N4O4/c1-15(22-10-12-23(13-11-22)16-6-4-3-5-7-16)20(25)21-18-14-17(24(26)27)8-9-19(18)28-2/h3-9,14-15H,10-13H2,1-2H3,(H,21,25)/p+1/t15-/m0/s1. The molecule has 1 aliphatic heterocycles. The maximum absolute atomic E-state index is 12.7. The van der Waals surface area contributed by atoms with Gasteiger partial charge in [0.15, 0.2) is 6.04 Å². The molecule has 1 fully saturated rings. The minimum absolute atomic E-state index is 0.0902. The minimum atomic E-state index is -0.493. The van der Waals surface area contributed by atoms with Gasteiger partial charge >= 0.3 is 0 Å². The number of piperazine rings is 1. The largest absolute Gasteiger partial charge is 0.495 e. The predicted molar refractivity (Wildman–Crippen MR) is 107 cm³/mol. The maximum Gasteiger partial charge on any atom is 0.282 e. The summed E-state index contributed by atoms with van der Waals surface area (Å²) in [7, 11) is 1.47. The summed E-state index contributed by atoms with van der Waals surface area (Å²) >= 11 is 0. The molecule has 0 spiro atoms. The Hall–Kier alpha value is -3.13. The summed E-state index contributed by atoms with van der Waals surface area (Å²) in [6.07, 6.45) is 0. The molecule has 0 bridgehead atoms. The Morgan fingerprint density at radius 3 is 2.50 bits per heavy atom. The summed E-state index contributed by atoms with van der Waals surface area (Å²) in [6, 6.07) is 14.1. The summed E-state index contributed by atoms with van der Waals surface area (Å²) in [6.45, 7) is 5.31. The monoisotopic (exact) mass is 385 g/mol. The second kappa shape index (κ2) is 8.71. The average Bonchev–Trinajstić information content (AvgIpc) is 2.73. The quantitative estimate of drug-likeness (QED) is 0.579. The summed E-state index contributed by atoms with van der Waals surface area (Å²) in [5, 5.41) is 13.8. The molecule has 8 nitrogen and oxygen atoms in total. The van der Waals surface area contributed by atoms with Gasteiger partial charge in [-0.05, 0) is 25.1 Å². The number of benzene rings is 2. The van der Waals surface area contributed by atoms with E-state index in [4.69, 9.17) is 4.74 Å². The van der Waals surface area contributed by atoms with Crippen molar-refractivity contribution in [2.24, 2.45) is 0 Å². The second-order valence-corrected chi connectivity index (χ2v) is 6.83. The van der Waals surface area contributed by atoms with Gasteiger partial charge in [0.1, 0.15) is 5.75 Å². The Morgan fingerprint density at radius 2 is 1.89 bits per heavy atom. The lowest BCUT2D eigenvalue weighted by Crippen LogP contribution is -3.19. The molecular formula is C20H25N4O4+. The molecule has 1 heterocycles. The summed E-state index contributed by atoms with van der Waals surface area (Å²) < 4.78 is 5.22. The van der Waals surface area contributed by atoms with Gasteiger partial charge in [-0.25, -0.2) is 0 Å². The Labute approximate surface area is 163 Å². The topological polar surface area (TPSA) is 89.1 Å². The van der Waals surface area contributed by atoms with E-state index in [9.17, 15) is 14.9 Å². The lowest BCUT2D eigenvalue weighted by Gasteiger charge is -2.36.